The van der Waals surface area contributed by atoms with Gasteiger partial charge in [-0.3, -0.25) is 19.2 Å². The largest absolute Gasteiger partial charge is 0.481 e. The Hall–Kier alpha value is -4.27. The van der Waals surface area contributed by atoms with Crippen molar-refractivity contribution < 1.29 is 34.2 Å². The summed E-state index contributed by atoms with van der Waals surface area (Å²) in [6.07, 6.45) is 4.87. The Labute approximate surface area is 212 Å². The van der Waals surface area contributed by atoms with E-state index in [0.717, 1.165) is 0 Å². The average Bonchev–Trinajstić information content (AvgIpc) is 3.51. The molecule has 0 saturated heterocycles. The lowest BCUT2D eigenvalue weighted by Gasteiger charge is -2.24. The molecule has 2 heterocycles. The molecule has 0 aliphatic rings. The maximum atomic E-state index is 13.1. The van der Waals surface area contributed by atoms with E-state index in [-0.39, 0.29) is 18.8 Å². The maximum absolute atomic E-state index is 13.1. The number of aromatic nitrogens is 4. The number of nitrogens with zero attached hydrogens (tertiary/aromatic N) is 2. The van der Waals surface area contributed by atoms with Gasteiger partial charge >= 0.3 is 11.9 Å². The van der Waals surface area contributed by atoms with Crippen molar-refractivity contribution in [2.75, 3.05) is 0 Å². The zero-order valence-electron chi connectivity index (χ0n) is 20.4. The number of aromatic amines is 2. The van der Waals surface area contributed by atoms with Gasteiger partial charge in [0.25, 0.3) is 0 Å². The standard InChI is InChI=1S/C22H32N8O7/c1-11(2)3-14(23)19(33)28-15(4-12-7-24-9-26-12)20(34)29-16(6-18(31)32)21(35)30-17(22(36)37)5-13-8-25-10-27-13/h7-11,14-17H,3-6,23H2,1-2H3,(H,24,26)(H,25,27)(H,28,33)(H,29,34)(H,30,35)(H,31,32)(H,36,37). The van der Waals surface area contributed by atoms with Crippen LogP contribution in [0, 0.1) is 5.92 Å². The number of hydrogen-bond donors (Lipinski definition) is 8. The summed E-state index contributed by atoms with van der Waals surface area (Å²) in [7, 11) is 0. The van der Waals surface area contributed by atoms with Crippen LogP contribution in [0.15, 0.2) is 25.0 Å². The van der Waals surface area contributed by atoms with E-state index >= 15 is 0 Å². The molecular weight excluding hydrogens is 488 g/mol. The van der Waals surface area contributed by atoms with Gasteiger partial charge in [-0.05, 0) is 12.3 Å². The molecule has 2 rings (SSSR count). The number of carbonyl (C=O) groups is 5. The van der Waals surface area contributed by atoms with E-state index < -0.39 is 60.2 Å². The van der Waals surface area contributed by atoms with Crippen LogP contribution in [0.1, 0.15) is 38.1 Å². The SMILES string of the molecule is CC(C)CC(N)C(=O)NC(Cc1cnc[nH]1)C(=O)NC(CC(=O)O)C(=O)NC(Cc1cnc[nH]1)C(=O)O. The minimum atomic E-state index is -1.63. The van der Waals surface area contributed by atoms with Crippen molar-refractivity contribution in [1.82, 2.24) is 35.9 Å². The van der Waals surface area contributed by atoms with Crippen molar-refractivity contribution in [3.05, 3.63) is 36.4 Å². The fourth-order valence-corrected chi connectivity index (χ4v) is 3.46. The van der Waals surface area contributed by atoms with Crippen molar-refractivity contribution in [3.63, 3.8) is 0 Å². The molecule has 3 amide bonds. The number of carbonyl (C=O) groups excluding carboxylic acids is 3. The molecule has 202 valence electrons. The van der Waals surface area contributed by atoms with Crippen LogP contribution in [-0.4, -0.2) is 84.0 Å². The molecule has 0 aliphatic heterocycles. The lowest BCUT2D eigenvalue weighted by molar-refractivity contribution is -0.143. The molecule has 0 spiro atoms. The van der Waals surface area contributed by atoms with E-state index in [1.54, 1.807) is 0 Å². The second-order valence-corrected chi connectivity index (χ2v) is 8.92. The highest BCUT2D eigenvalue weighted by Crippen LogP contribution is 2.06. The van der Waals surface area contributed by atoms with Gasteiger partial charge in [0.2, 0.25) is 17.7 Å². The van der Waals surface area contributed by atoms with Gasteiger partial charge in [0.1, 0.15) is 18.1 Å². The first-order valence-electron chi connectivity index (χ1n) is 11.5. The predicted molar refractivity (Wildman–Crippen MR) is 128 cm³/mol. The minimum Gasteiger partial charge on any atom is -0.481 e. The first-order valence-corrected chi connectivity index (χ1v) is 11.5. The molecule has 37 heavy (non-hydrogen) atoms. The first kappa shape index (κ1) is 29.0. The topological polar surface area (TPSA) is 245 Å². The van der Waals surface area contributed by atoms with E-state index in [2.05, 4.69) is 35.9 Å². The molecule has 9 N–H and O–H groups in total. The number of aliphatic carboxylic acids is 2. The summed E-state index contributed by atoms with van der Waals surface area (Å²) in [6.45, 7) is 3.77. The first-order chi connectivity index (χ1) is 17.5. The summed E-state index contributed by atoms with van der Waals surface area (Å²) >= 11 is 0. The molecule has 15 nitrogen and oxygen atoms in total. The molecular formula is C22H32N8O7. The monoisotopic (exact) mass is 520 g/mol. The second kappa shape index (κ2) is 13.7. The van der Waals surface area contributed by atoms with E-state index in [9.17, 15) is 34.2 Å². The third-order valence-corrected chi connectivity index (χ3v) is 5.28. The van der Waals surface area contributed by atoms with Crippen molar-refractivity contribution in [1.29, 1.82) is 0 Å². The smallest absolute Gasteiger partial charge is 0.326 e. The van der Waals surface area contributed by atoms with Crippen LogP contribution >= 0.6 is 0 Å². The summed E-state index contributed by atoms with van der Waals surface area (Å²) in [5.41, 5.74) is 6.84. The lowest BCUT2D eigenvalue weighted by atomic mass is 10.0. The zero-order valence-corrected chi connectivity index (χ0v) is 20.4. The molecule has 15 heteroatoms. The number of imidazole rings is 2. The van der Waals surface area contributed by atoms with Gasteiger partial charge in [-0.25, -0.2) is 14.8 Å². The molecule has 0 bridgehead atoms. The van der Waals surface area contributed by atoms with E-state index in [1.807, 2.05) is 13.8 Å². The molecule has 4 atom stereocenters. The molecule has 0 radical (unpaired) electrons. The number of carboxylic acid groups (broad SMARTS) is 2. The molecule has 2 aromatic heterocycles. The summed E-state index contributed by atoms with van der Waals surface area (Å²) in [5.74, 6) is -5.14. The van der Waals surface area contributed by atoms with Crippen molar-refractivity contribution in [2.45, 2.75) is 63.7 Å². The zero-order chi connectivity index (χ0) is 27.5. The van der Waals surface area contributed by atoms with Crippen LogP contribution in [0.4, 0.5) is 0 Å². The van der Waals surface area contributed by atoms with Crippen LogP contribution in [0.25, 0.3) is 0 Å². The van der Waals surface area contributed by atoms with Gasteiger partial charge in [0, 0.05) is 36.6 Å². The van der Waals surface area contributed by atoms with Gasteiger partial charge < -0.3 is 41.9 Å². The highest BCUT2D eigenvalue weighted by molar-refractivity contribution is 5.95. The summed E-state index contributed by atoms with van der Waals surface area (Å²) in [6, 6.07) is -5.17. The van der Waals surface area contributed by atoms with Gasteiger partial charge in [-0.1, -0.05) is 13.8 Å². The Morgan fingerprint density at radius 1 is 0.838 bits per heavy atom. The molecule has 0 aliphatic carbocycles. The molecule has 4 unspecified atom stereocenters. The number of nitrogens with one attached hydrogen (secondary N) is 5. The Morgan fingerprint density at radius 2 is 1.32 bits per heavy atom. The normalized spacial score (nSPS) is 14.3. The number of nitrogens with two attached hydrogens (primary N) is 1. The average molecular weight is 521 g/mol. The predicted octanol–water partition coefficient (Wildman–Crippen LogP) is -1.69. The fraction of sp³-hybridized carbons (Fsp3) is 0.500. The number of carboxylic acids is 2. The van der Waals surface area contributed by atoms with Crippen molar-refractivity contribution in [3.8, 4) is 0 Å². The highest BCUT2D eigenvalue weighted by atomic mass is 16.4. The fourth-order valence-electron chi connectivity index (χ4n) is 3.46. The molecule has 0 saturated carbocycles. The van der Waals surface area contributed by atoms with Gasteiger partial charge in [-0.15, -0.1) is 0 Å². The van der Waals surface area contributed by atoms with Crippen LogP contribution in [0.5, 0.6) is 0 Å². The number of hydrogen-bond acceptors (Lipinski definition) is 8. The number of rotatable bonds is 15. The van der Waals surface area contributed by atoms with Crippen molar-refractivity contribution >= 4 is 29.7 Å². The summed E-state index contributed by atoms with van der Waals surface area (Å²) < 4.78 is 0. The van der Waals surface area contributed by atoms with Crippen LogP contribution in [-0.2, 0) is 36.8 Å². The quantitative estimate of drug-likeness (QED) is 0.132. The van der Waals surface area contributed by atoms with E-state index in [0.29, 0.717) is 17.8 Å². The Balaban J connectivity index is 2.17. The van der Waals surface area contributed by atoms with E-state index in [4.69, 9.17) is 5.73 Å². The maximum Gasteiger partial charge on any atom is 0.326 e. The van der Waals surface area contributed by atoms with Crippen LogP contribution < -0.4 is 21.7 Å². The van der Waals surface area contributed by atoms with E-state index in [1.165, 1.54) is 25.0 Å². The Morgan fingerprint density at radius 3 is 1.78 bits per heavy atom. The molecule has 0 aromatic carbocycles. The van der Waals surface area contributed by atoms with Gasteiger partial charge in [0.05, 0.1) is 25.1 Å². The second-order valence-electron chi connectivity index (χ2n) is 8.92. The summed E-state index contributed by atoms with van der Waals surface area (Å²) in [5, 5.41) is 25.9. The summed E-state index contributed by atoms with van der Waals surface area (Å²) in [4.78, 5) is 74.8. The third-order valence-electron chi connectivity index (χ3n) is 5.28. The third kappa shape index (κ3) is 9.71. The lowest BCUT2D eigenvalue weighted by Crippen LogP contribution is -2.58. The number of amides is 3. The van der Waals surface area contributed by atoms with Crippen LogP contribution in [0.2, 0.25) is 0 Å². The highest BCUT2D eigenvalue weighted by Gasteiger charge is 2.32. The minimum absolute atomic E-state index is 0.0506. The van der Waals surface area contributed by atoms with Gasteiger partial charge in [0.15, 0.2) is 0 Å². The molecule has 2 aromatic rings. The van der Waals surface area contributed by atoms with Gasteiger partial charge in [-0.2, -0.15) is 0 Å². The number of H-pyrrole nitrogens is 2. The Bertz CT molecular complexity index is 1060. The van der Waals surface area contributed by atoms with Crippen molar-refractivity contribution in [2.24, 2.45) is 11.7 Å². The van der Waals surface area contributed by atoms with Crippen LogP contribution in [0.3, 0.4) is 0 Å². The Kier molecular flexibility index (Phi) is 10.7. The molecule has 0 fully saturated rings.